The smallest absolute Gasteiger partial charge is 0.438 e. The van der Waals surface area contributed by atoms with E-state index in [2.05, 4.69) is 20.3 Å². The molecule has 6 N–H and O–H groups in total. The summed E-state index contributed by atoms with van der Waals surface area (Å²) in [6.07, 6.45) is -1.35. The first-order valence-corrected chi connectivity index (χ1v) is 10.0. The van der Waals surface area contributed by atoms with Crippen molar-refractivity contribution in [1.82, 2.24) is 24.8 Å². The van der Waals surface area contributed by atoms with Gasteiger partial charge in [0.2, 0.25) is 0 Å². The van der Waals surface area contributed by atoms with Crippen LogP contribution < -0.4 is 16.8 Å². The molecule has 2 unspecified atom stereocenters. The van der Waals surface area contributed by atoms with Crippen molar-refractivity contribution >= 4 is 38.5 Å². The minimum Gasteiger partial charge on any atom is -0.438 e. The number of carbonyl (C=O) groups is 1. The summed E-state index contributed by atoms with van der Waals surface area (Å²) >= 11 is 0. The summed E-state index contributed by atoms with van der Waals surface area (Å²) in [5.74, 6) is 0.194. The van der Waals surface area contributed by atoms with Crippen LogP contribution in [-0.2, 0) is 18.5 Å². The number of nitrogens with one attached hydrogen (secondary N) is 1. The van der Waals surface area contributed by atoms with Crippen molar-refractivity contribution in [3.63, 3.8) is 0 Å². The van der Waals surface area contributed by atoms with Crippen LogP contribution in [0.1, 0.15) is 6.23 Å². The molecule has 15 heteroatoms. The number of fused-ring (bicyclic) bond motifs is 2. The third-order valence-corrected chi connectivity index (χ3v) is 5.36. The van der Waals surface area contributed by atoms with Crippen molar-refractivity contribution in [3.05, 3.63) is 12.7 Å². The van der Waals surface area contributed by atoms with Crippen molar-refractivity contribution in [2.24, 2.45) is 5.73 Å². The first-order chi connectivity index (χ1) is 13.4. The number of amides is 1. The van der Waals surface area contributed by atoms with Crippen molar-refractivity contribution in [1.29, 1.82) is 0 Å². The number of ether oxygens (including phenoxy) is 2. The lowest BCUT2D eigenvalue weighted by Gasteiger charge is -2.29. The molecule has 28 heavy (non-hydrogen) atoms. The third kappa shape index (κ3) is 3.50. The van der Waals surface area contributed by atoms with Gasteiger partial charge in [-0.25, -0.2) is 24.6 Å². The Labute approximate surface area is 160 Å². The van der Waals surface area contributed by atoms with Gasteiger partial charge in [-0.15, -0.1) is 0 Å². The van der Waals surface area contributed by atoms with E-state index >= 15 is 0 Å². The minimum atomic E-state index is -3.55. The van der Waals surface area contributed by atoms with Crippen molar-refractivity contribution < 1.29 is 28.2 Å². The van der Waals surface area contributed by atoms with Gasteiger partial charge in [0.1, 0.15) is 24.6 Å². The summed E-state index contributed by atoms with van der Waals surface area (Å²) in [6.45, 7) is 0.434. The Morgan fingerprint density at radius 3 is 3.11 bits per heavy atom. The van der Waals surface area contributed by atoms with Crippen molar-refractivity contribution in [3.8, 4) is 0 Å². The fraction of sp³-hybridized carbons (Fsp3) is 0.538. The molecule has 13 nitrogen and oxygen atoms in total. The Kier molecular flexibility index (Phi) is 5.08. The van der Waals surface area contributed by atoms with Crippen LogP contribution in [0, 0.1) is 0 Å². The monoisotopic (exact) mass is 410 g/mol. The van der Waals surface area contributed by atoms with Crippen LogP contribution in [0.5, 0.6) is 0 Å². The predicted molar refractivity (Wildman–Crippen MR) is 96.7 cm³/mol. The molecule has 0 spiro atoms. The highest BCUT2D eigenvalue weighted by atomic mass is 31.2. The molecule has 0 aromatic carbocycles. The van der Waals surface area contributed by atoms with E-state index in [1.54, 1.807) is 4.57 Å². The molecule has 1 amide bonds. The molecular weight excluding hydrogens is 392 g/mol. The highest BCUT2D eigenvalue weighted by molar-refractivity contribution is 7.85. The summed E-state index contributed by atoms with van der Waals surface area (Å²) in [5, 5.41) is 2.50. The number of nitrogens with zero attached hydrogens (tertiary/aromatic N) is 4. The second-order valence-electron chi connectivity index (χ2n) is 6.16. The predicted octanol–water partition coefficient (Wildman–Crippen LogP) is -1.39. The molecule has 0 saturated carbocycles. The zero-order valence-electron chi connectivity index (χ0n) is 14.5. The van der Waals surface area contributed by atoms with E-state index in [0.29, 0.717) is 11.2 Å². The molecule has 2 saturated heterocycles. The number of anilines is 1. The lowest BCUT2D eigenvalue weighted by molar-refractivity contribution is -0.0606. The van der Waals surface area contributed by atoms with Crippen LogP contribution in [0.15, 0.2) is 12.7 Å². The van der Waals surface area contributed by atoms with Gasteiger partial charge >= 0.3 is 21.5 Å². The van der Waals surface area contributed by atoms with Crippen LogP contribution in [0.3, 0.4) is 0 Å². The standard InChI is InChI=1S/C13H18BN7O6P/c14-28(23)24-3-6-8(27-28)9(26-13(22)17-2-1-15)12(25-6)21-5-20-7-10(16)18-4-19-11(7)21/h4-6,8-9,12,23H,1-3,15H2,(H,17,22)(H2,16,18,19)/q+1/t6-,8+,9?,12-,28?/m1/s1. The van der Waals surface area contributed by atoms with E-state index in [1.807, 2.05) is 0 Å². The van der Waals surface area contributed by atoms with Gasteiger partial charge in [-0.1, -0.05) is 0 Å². The van der Waals surface area contributed by atoms with Gasteiger partial charge in [0, 0.05) is 13.1 Å². The summed E-state index contributed by atoms with van der Waals surface area (Å²) in [7, 11) is 2.07. The van der Waals surface area contributed by atoms with Gasteiger partial charge in [-0.05, 0) is 0 Å². The highest BCUT2D eigenvalue weighted by Crippen LogP contribution is 2.59. The Morgan fingerprint density at radius 1 is 1.50 bits per heavy atom. The highest BCUT2D eigenvalue weighted by Gasteiger charge is 2.59. The molecule has 148 valence electrons. The SMILES string of the molecule is [B][P+]1(O)OC[C@H]2O[C@@H](n3cnc4c(N)ncnc43)C(OC(=O)NCCN)[C@H]2O1. The summed E-state index contributed by atoms with van der Waals surface area (Å²) in [5.41, 5.74) is 12.0. The van der Waals surface area contributed by atoms with Gasteiger partial charge in [0.15, 0.2) is 29.9 Å². The molecule has 2 aliphatic rings. The first kappa shape index (κ1) is 19.2. The van der Waals surface area contributed by atoms with Crippen molar-refractivity contribution in [2.75, 3.05) is 25.4 Å². The van der Waals surface area contributed by atoms with Crippen LogP contribution in [0.4, 0.5) is 10.6 Å². The number of nitrogen functional groups attached to an aromatic ring is 1. The van der Waals surface area contributed by atoms with Gasteiger partial charge in [-0.3, -0.25) is 4.57 Å². The fourth-order valence-corrected chi connectivity index (χ4v) is 4.13. The molecule has 4 rings (SSSR count). The lowest BCUT2D eigenvalue weighted by atomic mass is 10.1. The van der Waals surface area contributed by atoms with E-state index in [0.717, 1.165) is 0 Å². The number of carbonyl (C=O) groups excluding carboxylic acids is 1. The number of imidazole rings is 1. The fourth-order valence-electron chi connectivity index (χ4n) is 3.10. The second kappa shape index (κ2) is 7.39. The van der Waals surface area contributed by atoms with Gasteiger partial charge in [0.25, 0.3) is 0 Å². The number of alkyl carbamates (subject to hydrolysis) is 1. The number of hydrogen-bond acceptors (Lipinski definition) is 11. The third-order valence-electron chi connectivity index (χ3n) is 4.30. The molecule has 2 radical (unpaired) electrons. The molecule has 0 aliphatic carbocycles. The Morgan fingerprint density at radius 2 is 2.32 bits per heavy atom. The first-order valence-electron chi connectivity index (χ1n) is 8.36. The van der Waals surface area contributed by atoms with Gasteiger partial charge in [0.05, 0.1) is 6.33 Å². The van der Waals surface area contributed by atoms with E-state index in [9.17, 15) is 9.69 Å². The largest absolute Gasteiger partial charge is 0.488 e. The minimum absolute atomic E-state index is 0.0318. The van der Waals surface area contributed by atoms with Crippen LogP contribution in [0.2, 0.25) is 0 Å². The van der Waals surface area contributed by atoms with E-state index < -0.39 is 38.5 Å². The number of rotatable bonds is 4. The van der Waals surface area contributed by atoms with E-state index in [4.69, 9.17) is 37.6 Å². The summed E-state index contributed by atoms with van der Waals surface area (Å²) in [6, 6.07) is 0. The molecule has 2 aromatic heterocycles. The summed E-state index contributed by atoms with van der Waals surface area (Å²) < 4.78 is 23.6. The maximum absolute atomic E-state index is 12.1. The van der Waals surface area contributed by atoms with Crippen LogP contribution in [0.25, 0.3) is 11.2 Å². The lowest BCUT2D eigenvalue weighted by Crippen LogP contribution is -2.44. The average Bonchev–Trinajstić information content (AvgIpc) is 3.22. The molecule has 2 aliphatic heterocycles. The van der Waals surface area contributed by atoms with E-state index in [1.165, 1.54) is 12.7 Å². The topological polar surface area (TPSA) is 182 Å². The maximum atomic E-state index is 12.1. The normalized spacial score (nSPS) is 32.2. The molecule has 4 heterocycles. The maximum Gasteiger partial charge on any atom is 0.488 e. The summed E-state index contributed by atoms with van der Waals surface area (Å²) in [4.78, 5) is 34.4. The molecule has 0 bridgehead atoms. The number of hydrogen-bond donors (Lipinski definition) is 4. The zero-order valence-corrected chi connectivity index (χ0v) is 15.4. The molecular formula is C13H18BN7O6P+. The second-order valence-corrected chi connectivity index (χ2v) is 7.76. The molecule has 5 atom stereocenters. The van der Waals surface area contributed by atoms with Crippen LogP contribution in [-0.4, -0.2) is 76.1 Å². The number of nitrogens with two attached hydrogens (primary N) is 2. The quantitative estimate of drug-likeness (QED) is 0.344. The Hall–Kier alpha value is -2.09. The Balaban J connectivity index is 1.67. The Bertz CT molecular complexity index is 884. The van der Waals surface area contributed by atoms with Gasteiger partial charge in [-0.2, -0.15) is 9.05 Å². The van der Waals surface area contributed by atoms with Gasteiger partial charge < -0.3 is 26.3 Å². The molecule has 2 fully saturated rings. The number of aromatic nitrogens is 4. The van der Waals surface area contributed by atoms with Crippen molar-refractivity contribution in [2.45, 2.75) is 24.5 Å². The van der Waals surface area contributed by atoms with E-state index in [-0.39, 0.29) is 25.5 Å². The average molecular weight is 410 g/mol. The van der Waals surface area contributed by atoms with Crippen LogP contribution >= 0.6 is 7.82 Å². The zero-order chi connectivity index (χ0) is 19.9. The molecule has 2 aromatic rings.